The van der Waals surface area contributed by atoms with Crippen molar-refractivity contribution >= 4 is 16.9 Å². The number of hydrogen-bond acceptors (Lipinski definition) is 4. The van der Waals surface area contributed by atoms with E-state index in [1.807, 2.05) is 20.8 Å². The van der Waals surface area contributed by atoms with Crippen LogP contribution in [0.2, 0.25) is 0 Å². The second kappa shape index (κ2) is 6.15. The molecule has 1 unspecified atom stereocenters. The van der Waals surface area contributed by atoms with Crippen LogP contribution in [-0.2, 0) is 11.3 Å². The monoisotopic (exact) mass is 347 g/mol. The first-order chi connectivity index (χ1) is 11.7. The van der Waals surface area contributed by atoms with E-state index in [-0.39, 0.29) is 18.1 Å². The zero-order chi connectivity index (χ0) is 18.4. The van der Waals surface area contributed by atoms with Gasteiger partial charge in [0.25, 0.3) is 5.56 Å². The third-order valence-electron chi connectivity index (χ3n) is 4.21. The molecule has 1 aromatic carbocycles. The van der Waals surface area contributed by atoms with E-state index in [0.29, 0.717) is 23.0 Å². The molecule has 0 bridgehead atoms. The second-order valence-corrected chi connectivity index (χ2v) is 7.24. The standard InChI is InChI=1S/C18H22FN3O3/c1-18(2,3)25-17(24)22-8-13(20-4)15-11-6-5-10(19)7-12(11)16(23)21-14(15)9-22/h5-7,13,20H,8-9H2,1-4H3,(H,21,23). The average molecular weight is 347 g/mol. The maximum Gasteiger partial charge on any atom is 0.410 e. The van der Waals surface area contributed by atoms with Gasteiger partial charge in [-0.1, -0.05) is 6.07 Å². The van der Waals surface area contributed by atoms with Gasteiger partial charge in [0.1, 0.15) is 11.4 Å². The van der Waals surface area contributed by atoms with Crippen molar-refractivity contribution in [2.45, 2.75) is 39.0 Å². The number of carbonyl (C=O) groups excluding carboxylic acids is 1. The van der Waals surface area contributed by atoms with Gasteiger partial charge in [-0.2, -0.15) is 0 Å². The molecule has 1 aromatic heterocycles. The Balaban J connectivity index is 2.07. The molecule has 0 saturated carbocycles. The fourth-order valence-electron chi connectivity index (χ4n) is 3.16. The molecule has 2 N–H and O–H groups in total. The summed E-state index contributed by atoms with van der Waals surface area (Å²) >= 11 is 0. The first-order valence-electron chi connectivity index (χ1n) is 8.19. The molecule has 1 aliphatic rings. The van der Waals surface area contributed by atoms with Crippen molar-refractivity contribution in [3.63, 3.8) is 0 Å². The first-order valence-corrected chi connectivity index (χ1v) is 8.19. The number of hydrogen-bond donors (Lipinski definition) is 2. The molecule has 2 aromatic rings. The van der Waals surface area contributed by atoms with Gasteiger partial charge in [-0.15, -0.1) is 0 Å². The van der Waals surface area contributed by atoms with Crippen LogP contribution in [0.4, 0.5) is 9.18 Å². The molecule has 0 aliphatic carbocycles. The van der Waals surface area contributed by atoms with Crippen molar-refractivity contribution in [1.82, 2.24) is 15.2 Å². The number of aromatic amines is 1. The van der Waals surface area contributed by atoms with Gasteiger partial charge in [-0.05, 0) is 45.3 Å². The quantitative estimate of drug-likeness (QED) is 0.832. The Bertz CT molecular complexity index is 885. The molecule has 0 spiro atoms. The van der Waals surface area contributed by atoms with Crippen LogP contribution in [0.1, 0.15) is 38.1 Å². The molecule has 2 heterocycles. The lowest BCUT2D eigenvalue weighted by molar-refractivity contribution is 0.0196. The van der Waals surface area contributed by atoms with E-state index in [4.69, 9.17) is 4.74 Å². The number of H-pyrrole nitrogens is 1. The fraction of sp³-hybridized carbons (Fsp3) is 0.444. The summed E-state index contributed by atoms with van der Waals surface area (Å²) in [6.07, 6.45) is -0.432. The first kappa shape index (κ1) is 17.4. The number of carbonyl (C=O) groups is 1. The number of ether oxygens (including phenoxy) is 1. The summed E-state index contributed by atoms with van der Waals surface area (Å²) in [4.78, 5) is 29.1. The van der Waals surface area contributed by atoms with Crippen molar-refractivity contribution in [3.05, 3.63) is 45.6 Å². The fourth-order valence-corrected chi connectivity index (χ4v) is 3.16. The van der Waals surface area contributed by atoms with Crippen molar-refractivity contribution < 1.29 is 13.9 Å². The Morgan fingerprint density at radius 3 is 2.72 bits per heavy atom. The smallest absolute Gasteiger partial charge is 0.410 e. The van der Waals surface area contributed by atoms with Gasteiger partial charge in [-0.25, -0.2) is 9.18 Å². The van der Waals surface area contributed by atoms with Gasteiger partial charge >= 0.3 is 6.09 Å². The summed E-state index contributed by atoms with van der Waals surface area (Å²) in [5, 5.41) is 4.18. The Hall–Kier alpha value is -2.41. The van der Waals surface area contributed by atoms with E-state index in [2.05, 4.69) is 10.3 Å². The second-order valence-electron chi connectivity index (χ2n) is 7.24. The predicted octanol–water partition coefficient (Wildman–Crippen LogP) is 2.68. The molecule has 0 saturated heterocycles. The Morgan fingerprint density at radius 2 is 2.08 bits per heavy atom. The maximum absolute atomic E-state index is 13.5. The zero-order valence-electron chi connectivity index (χ0n) is 14.8. The Kier molecular flexibility index (Phi) is 4.28. The summed E-state index contributed by atoms with van der Waals surface area (Å²) in [6.45, 7) is 6.06. The van der Waals surface area contributed by atoms with E-state index in [9.17, 15) is 14.0 Å². The van der Waals surface area contributed by atoms with Crippen LogP contribution in [0.25, 0.3) is 10.8 Å². The molecule has 0 fully saturated rings. The number of amides is 1. The maximum atomic E-state index is 13.5. The van der Waals surface area contributed by atoms with Crippen molar-refractivity contribution in [2.24, 2.45) is 0 Å². The summed E-state index contributed by atoms with van der Waals surface area (Å²) < 4.78 is 19.0. The van der Waals surface area contributed by atoms with Gasteiger partial charge < -0.3 is 19.9 Å². The predicted molar refractivity (Wildman–Crippen MR) is 93.0 cm³/mol. The van der Waals surface area contributed by atoms with Crippen molar-refractivity contribution in [3.8, 4) is 0 Å². The molecular formula is C18H22FN3O3. The Labute approximate surface area is 145 Å². The minimum absolute atomic E-state index is 0.193. The average Bonchev–Trinajstić information content (AvgIpc) is 2.52. The lowest BCUT2D eigenvalue weighted by Gasteiger charge is -2.35. The summed E-state index contributed by atoms with van der Waals surface area (Å²) in [7, 11) is 1.79. The minimum atomic E-state index is -0.596. The highest BCUT2D eigenvalue weighted by Gasteiger charge is 2.32. The van der Waals surface area contributed by atoms with Crippen LogP contribution in [0, 0.1) is 5.82 Å². The van der Waals surface area contributed by atoms with Gasteiger partial charge in [0.2, 0.25) is 0 Å². The number of aromatic nitrogens is 1. The molecular weight excluding hydrogens is 325 g/mol. The molecule has 134 valence electrons. The number of rotatable bonds is 1. The van der Waals surface area contributed by atoms with Gasteiger partial charge in [0.15, 0.2) is 0 Å². The number of nitrogens with zero attached hydrogens (tertiary/aromatic N) is 1. The molecule has 7 heteroatoms. The number of pyridine rings is 1. The highest BCUT2D eigenvalue weighted by Crippen LogP contribution is 2.31. The van der Waals surface area contributed by atoms with E-state index < -0.39 is 17.5 Å². The number of likely N-dealkylation sites (N-methyl/N-ethyl adjacent to an activating group) is 1. The number of nitrogens with one attached hydrogen (secondary N) is 2. The van der Waals surface area contributed by atoms with Gasteiger partial charge in [0.05, 0.1) is 18.0 Å². The van der Waals surface area contributed by atoms with E-state index in [0.717, 1.165) is 5.56 Å². The van der Waals surface area contributed by atoms with Gasteiger partial charge in [-0.3, -0.25) is 4.79 Å². The highest BCUT2D eigenvalue weighted by atomic mass is 19.1. The summed E-state index contributed by atoms with van der Waals surface area (Å²) in [6, 6.07) is 4.00. The van der Waals surface area contributed by atoms with E-state index >= 15 is 0 Å². The molecule has 1 atom stereocenters. The molecule has 25 heavy (non-hydrogen) atoms. The summed E-state index contributed by atoms with van der Waals surface area (Å²) in [5.74, 6) is -0.454. The van der Waals surface area contributed by atoms with Crippen LogP contribution >= 0.6 is 0 Å². The third kappa shape index (κ3) is 3.37. The molecule has 1 aliphatic heterocycles. The third-order valence-corrected chi connectivity index (χ3v) is 4.21. The number of benzene rings is 1. The van der Waals surface area contributed by atoms with E-state index in [1.54, 1.807) is 18.0 Å². The number of halogens is 1. The topological polar surface area (TPSA) is 74.4 Å². The molecule has 6 nitrogen and oxygen atoms in total. The minimum Gasteiger partial charge on any atom is -0.444 e. The van der Waals surface area contributed by atoms with Gasteiger partial charge in [0, 0.05) is 17.8 Å². The SMILES string of the molecule is CNC1CN(C(=O)OC(C)(C)C)Cc2[nH]c(=O)c3cc(F)ccc3c21. The van der Waals surface area contributed by atoms with Crippen molar-refractivity contribution in [2.75, 3.05) is 13.6 Å². The van der Waals surface area contributed by atoms with Crippen LogP contribution in [0.15, 0.2) is 23.0 Å². The summed E-state index contributed by atoms with van der Waals surface area (Å²) in [5.41, 5.74) is 0.562. The normalized spacial score (nSPS) is 17.5. The van der Waals surface area contributed by atoms with E-state index in [1.165, 1.54) is 12.1 Å². The Morgan fingerprint density at radius 1 is 1.36 bits per heavy atom. The molecule has 1 amide bonds. The van der Waals surface area contributed by atoms with Crippen molar-refractivity contribution in [1.29, 1.82) is 0 Å². The number of fused-ring (bicyclic) bond motifs is 3. The highest BCUT2D eigenvalue weighted by molar-refractivity contribution is 5.86. The molecule has 0 radical (unpaired) electrons. The van der Waals surface area contributed by atoms with Crippen LogP contribution in [-0.4, -0.2) is 35.2 Å². The lowest BCUT2D eigenvalue weighted by atomic mass is 9.94. The lowest BCUT2D eigenvalue weighted by Crippen LogP contribution is -2.45. The molecule has 3 rings (SSSR count). The van der Waals surface area contributed by atoms with Crippen LogP contribution in [0.5, 0.6) is 0 Å². The van der Waals surface area contributed by atoms with Crippen LogP contribution < -0.4 is 10.9 Å². The largest absolute Gasteiger partial charge is 0.444 e. The zero-order valence-corrected chi connectivity index (χ0v) is 14.8. The van der Waals surface area contributed by atoms with Crippen LogP contribution in [0.3, 0.4) is 0 Å².